The molecular weight excluding hydrogens is 406 g/mol. The SMILES string of the molecule is CCn1c(S/C(=C\c2ccc(C(C)C)cc2)C(=O)O)nnc1-c1ccc(Cl)cc1. The Morgan fingerprint density at radius 3 is 2.34 bits per heavy atom. The molecule has 0 saturated carbocycles. The van der Waals surface area contributed by atoms with E-state index >= 15 is 0 Å². The Hall–Kier alpha value is -2.57. The average molecular weight is 428 g/mol. The van der Waals surface area contributed by atoms with Crippen molar-refractivity contribution in [3.05, 3.63) is 69.6 Å². The van der Waals surface area contributed by atoms with Gasteiger partial charge in [-0.25, -0.2) is 4.79 Å². The van der Waals surface area contributed by atoms with Crippen molar-refractivity contribution in [3.8, 4) is 11.4 Å². The van der Waals surface area contributed by atoms with Crippen molar-refractivity contribution in [2.45, 2.75) is 38.4 Å². The number of thioether (sulfide) groups is 1. The van der Waals surface area contributed by atoms with Gasteiger partial charge < -0.3 is 9.67 Å². The predicted octanol–water partition coefficient (Wildman–Crippen LogP) is 5.96. The Labute approximate surface area is 179 Å². The quantitative estimate of drug-likeness (QED) is 0.372. The summed E-state index contributed by atoms with van der Waals surface area (Å²) in [4.78, 5) is 12.0. The lowest BCUT2D eigenvalue weighted by molar-refractivity contribution is -0.131. The summed E-state index contributed by atoms with van der Waals surface area (Å²) >= 11 is 7.06. The van der Waals surface area contributed by atoms with E-state index in [-0.39, 0.29) is 4.91 Å². The molecule has 0 unspecified atom stereocenters. The summed E-state index contributed by atoms with van der Waals surface area (Å²) in [5.74, 6) is 0.107. The number of carboxylic acids is 1. The summed E-state index contributed by atoms with van der Waals surface area (Å²) in [6, 6.07) is 15.2. The number of benzene rings is 2. The maximum absolute atomic E-state index is 11.8. The summed E-state index contributed by atoms with van der Waals surface area (Å²) in [6.45, 7) is 6.84. The number of aromatic nitrogens is 3. The zero-order valence-corrected chi connectivity index (χ0v) is 18.0. The Bertz CT molecular complexity index is 1030. The smallest absolute Gasteiger partial charge is 0.342 e. The molecule has 1 heterocycles. The highest BCUT2D eigenvalue weighted by Crippen LogP contribution is 2.31. The third-order valence-electron chi connectivity index (χ3n) is 4.45. The summed E-state index contributed by atoms with van der Waals surface area (Å²) in [5.41, 5.74) is 2.92. The molecule has 3 rings (SSSR count). The third kappa shape index (κ3) is 5.08. The van der Waals surface area contributed by atoms with E-state index in [2.05, 4.69) is 24.0 Å². The molecule has 29 heavy (non-hydrogen) atoms. The summed E-state index contributed by atoms with van der Waals surface area (Å²) < 4.78 is 1.90. The lowest BCUT2D eigenvalue weighted by atomic mass is 10.0. The highest BCUT2D eigenvalue weighted by molar-refractivity contribution is 8.04. The number of hydrogen-bond acceptors (Lipinski definition) is 4. The van der Waals surface area contributed by atoms with Gasteiger partial charge in [0, 0.05) is 17.1 Å². The van der Waals surface area contributed by atoms with Gasteiger partial charge in [0.15, 0.2) is 11.0 Å². The van der Waals surface area contributed by atoms with Crippen LogP contribution in [0.1, 0.15) is 37.8 Å². The van der Waals surface area contributed by atoms with Crippen LogP contribution in [-0.4, -0.2) is 25.8 Å². The molecular formula is C22H22ClN3O2S. The van der Waals surface area contributed by atoms with Crippen molar-refractivity contribution in [1.82, 2.24) is 14.8 Å². The summed E-state index contributed by atoms with van der Waals surface area (Å²) in [7, 11) is 0. The first-order valence-corrected chi connectivity index (χ1v) is 10.5. The van der Waals surface area contributed by atoms with Gasteiger partial charge in [-0.05, 0) is 66.1 Å². The normalized spacial score (nSPS) is 11.8. The van der Waals surface area contributed by atoms with Crippen molar-refractivity contribution in [2.24, 2.45) is 0 Å². The molecule has 0 atom stereocenters. The Balaban J connectivity index is 1.91. The van der Waals surface area contributed by atoms with Crippen LogP contribution in [0.3, 0.4) is 0 Å². The number of carbonyl (C=O) groups is 1. The molecule has 0 amide bonds. The molecule has 3 aromatic rings. The molecule has 0 spiro atoms. The second-order valence-electron chi connectivity index (χ2n) is 6.79. The maximum atomic E-state index is 11.8. The van der Waals surface area contributed by atoms with Crippen LogP contribution in [0.25, 0.3) is 17.5 Å². The first kappa shape index (κ1) is 21.1. The van der Waals surface area contributed by atoms with Crippen LogP contribution >= 0.6 is 23.4 Å². The first-order chi connectivity index (χ1) is 13.9. The monoisotopic (exact) mass is 427 g/mol. The van der Waals surface area contributed by atoms with Crippen LogP contribution in [0.2, 0.25) is 5.02 Å². The van der Waals surface area contributed by atoms with Crippen LogP contribution in [-0.2, 0) is 11.3 Å². The molecule has 0 aliphatic heterocycles. The Morgan fingerprint density at radius 2 is 1.79 bits per heavy atom. The fourth-order valence-corrected chi connectivity index (χ4v) is 3.84. The van der Waals surface area contributed by atoms with E-state index in [1.165, 1.54) is 5.56 Å². The maximum Gasteiger partial charge on any atom is 0.342 e. The van der Waals surface area contributed by atoms with Crippen molar-refractivity contribution in [3.63, 3.8) is 0 Å². The fraction of sp³-hybridized carbons (Fsp3) is 0.227. The minimum absolute atomic E-state index is 0.187. The second kappa shape index (κ2) is 9.29. The zero-order chi connectivity index (χ0) is 21.0. The third-order valence-corrected chi connectivity index (χ3v) is 5.70. The van der Waals surface area contributed by atoms with Crippen LogP contribution < -0.4 is 0 Å². The van der Waals surface area contributed by atoms with Crippen molar-refractivity contribution in [1.29, 1.82) is 0 Å². The molecule has 2 aromatic carbocycles. The molecule has 5 nitrogen and oxygen atoms in total. The summed E-state index contributed by atoms with van der Waals surface area (Å²) in [6.07, 6.45) is 1.66. The molecule has 1 N–H and O–H groups in total. The Morgan fingerprint density at radius 1 is 1.14 bits per heavy atom. The molecule has 0 bridgehead atoms. The van der Waals surface area contributed by atoms with Gasteiger partial charge in [0.1, 0.15) is 4.91 Å². The lowest BCUT2D eigenvalue weighted by Crippen LogP contribution is -2.02. The van der Waals surface area contributed by atoms with Crippen LogP contribution in [0.5, 0.6) is 0 Å². The largest absolute Gasteiger partial charge is 0.477 e. The van der Waals surface area contributed by atoms with Crippen molar-refractivity contribution < 1.29 is 9.90 Å². The van der Waals surface area contributed by atoms with Gasteiger partial charge in [-0.15, -0.1) is 10.2 Å². The van der Waals surface area contributed by atoms with Crippen molar-refractivity contribution in [2.75, 3.05) is 0 Å². The first-order valence-electron chi connectivity index (χ1n) is 9.31. The van der Waals surface area contributed by atoms with Gasteiger partial charge >= 0.3 is 5.97 Å². The molecule has 0 aliphatic rings. The molecule has 150 valence electrons. The van der Waals surface area contributed by atoms with Gasteiger partial charge in [-0.2, -0.15) is 0 Å². The molecule has 7 heteroatoms. The molecule has 0 saturated heterocycles. The van der Waals surface area contributed by atoms with E-state index in [4.69, 9.17) is 11.6 Å². The number of carboxylic acid groups (broad SMARTS) is 1. The predicted molar refractivity (Wildman–Crippen MR) is 118 cm³/mol. The van der Waals surface area contributed by atoms with Crippen molar-refractivity contribution >= 4 is 35.4 Å². The van der Waals surface area contributed by atoms with Gasteiger partial charge in [0.2, 0.25) is 0 Å². The number of rotatable bonds is 7. The lowest BCUT2D eigenvalue weighted by Gasteiger charge is -2.08. The number of aliphatic carboxylic acids is 1. The van der Waals surface area contributed by atoms with E-state index in [0.717, 1.165) is 22.9 Å². The topological polar surface area (TPSA) is 68.0 Å². The van der Waals surface area contributed by atoms with Crippen LogP contribution in [0.4, 0.5) is 0 Å². The molecule has 0 fully saturated rings. The standard InChI is InChI=1S/C22H22ClN3O2S/c1-4-26-20(17-9-11-18(23)12-10-17)24-25-22(26)29-19(21(27)28)13-15-5-7-16(8-6-15)14(2)3/h5-14H,4H2,1-3H3,(H,27,28)/b19-13-. The molecule has 0 aliphatic carbocycles. The second-order valence-corrected chi connectivity index (χ2v) is 8.24. The van der Waals surface area contributed by atoms with Gasteiger partial charge in [0.05, 0.1) is 0 Å². The van der Waals surface area contributed by atoms with Gasteiger partial charge in [-0.1, -0.05) is 49.7 Å². The fourth-order valence-electron chi connectivity index (χ4n) is 2.82. The van der Waals surface area contributed by atoms with Crippen LogP contribution in [0, 0.1) is 0 Å². The highest BCUT2D eigenvalue weighted by atomic mass is 35.5. The summed E-state index contributed by atoms with van der Waals surface area (Å²) in [5, 5.41) is 19.4. The number of halogens is 1. The van der Waals surface area contributed by atoms with E-state index in [1.807, 2.05) is 47.9 Å². The minimum atomic E-state index is -0.998. The zero-order valence-electron chi connectivity index (χ0n) is 16.5. The van der Waals surface area contributed by atoms with Gasteiger partial charge in [0.25, 0.3) is 0 Å². The number of nitrogens with zero attached hydrogens (tertiary/aromatic N) is 3. The van der Waals surface area contributed by atoms with Crippen LogP contribution in [0.15, 0.2) is 58.6 Å². The van der Waals surface area contributed by atoms with E-state index in [0.29, 0.717) is 28.5 Å². The molecule has 0 radical (unpaired) electrons. The minimum Gasteiger partial charge on any atom is -0.477 e. The highest BCUT2D eigenvalue weighted by Gasteiger charge is 2.18. The Kier molecular flexibility index (Phi) is 6.77. The van der Waals surface area contributed by atoms with E-state index < -0.39 is 5.97 Å². The van der Waals surface area contributed by atoms with Gasteiger partial charge in [-0.3, -0.25) is 0 Å². The van der Waals surface area contributed by atoms with E-state index in [9.17, 15) is 9.90 Å². The van der Waals surface area contributed by atoms with E-state index in [1.54, 1.807) is 18.2 Å². The average Bonchev–Trinajstić information content (AvgIpc) is 3.11. The molecule has 1 aromatic heterocycles. The number of hydrogen-bond donors (Lipinski definition) is 1.